The topological polar surface area (TPSA) is 125 Å². The summed E-state index contributed by atoms with van der Waals surface area (Å²) < 4.78 is 37.8. The molecule has 3 heterocycles. The third kappa shape index (κ3) is 6.52. The molecule has 4 rings (SSSR count). The van der Waals surface area contributed by atoms with Gasteiger partial charge in [-0.25, -0.2) is 33.0 Å². The molecule has 2 aliphatic rings. The first-order chi connectivity index (χ1) is 18.8. The van der Waals surface area contributed by atoms with Crippen molar-refractivity contribution >= 4 is 34.5 Å². The van der Waals surface area contributed by atoms with Crippen LogP contribution in [0.3, 0.4) is 0 Å². The number of halogens is 2. The van der Waals surface area contributed by atoms with E-state index in [0.717, 1.165) is 55.2 Å². The van der Waals surface area contributed by atoms with Crippen LogP contribution >= 0.6 is 11.3 Å². The minimum absolute atomic E-state index is 0.0121. The SMILES string of the molecule is COCC1=C(C(=O)OC)[C@H](c2ccc(F)c(F)c2)N(C(=O)NCCNC2CCN(c3nccs3)CC2)C(=O)N1. The standard InChI is InChI=1S/C25H30F2N6O5S/c1-37-14-19-20(22(34)38-2)21(15-3-4-17(26)18(27)13-15)33(24(36)31-19)23(35)29-8-7-28-16-5-10-32(11-6-16)25-30-9-12-39-25/h3-4,9,12-13,16,21,28H,5-8,10-11,14H2,1-2H3,(H,29,35)(H,31,36)/t21-/m0/s1. The molecule has 11 nitrogen and oxygen atoms in total. The van der Waals surface area contributed by atoms with E-state index < -0.39 is 35.7 Å². The van der Waals surface area contributed by atoms with Crippen molar-refractivity contribution in [1.82, 2.24) is 25.8 Å². The fourth-order valence-corrected chi connectivity index (χ4v) is 5.35. The number of imide groups is 1. The predicted octanol–water partition coefficient (Wildman–Crippen LogP) is 2.53. The number of rotatable bonds is 9. The summed E-state index contributed by atoms with van der Waals surface area (Å²) in [5, 5.41) is 11.5. The van der Waals surface area contributed by atoms with Crippen LogP contribution in [-0.2, 0) is 14.3 Å². The van der Waals surface area contributed by atoms with Gasteiger partial charge in [0.15, 0.2) is 16.8 Å². The van der Waals surface area contributed by atoms with E-state index in [9.17, 15) is 23.2 Å². The molecule has 0 bridgehead atoms. The third-order valence-electron chi connectivity index (χ3n) is 6.52. The zero-order chi connectivity index (χ0) is 27.9. The highest BCUT2D eigenvalue weighted by Gasteiger charge is 2.43. The number of anilines is 1. The van der Waals surface area contributed by atoms with Crippen LogP contribution in [-0.4, -0.2) is 81.0 Å². The fraction of sp³-hybridized carbons (Fsp3) is 0.440. The third-order valence-corrected chi connectivity index (χ3v) is 7.36. The van der Waals surface area contributed by atoms with Gasteiger partial charge in [-0.05, 0) is 30.5 Å². The molecule has 0 radical (unpaired) electrons. The van der Waals surface area contributed by atoms with Gasteiger partial charge in [-0.1, -0.05) is 6.07 Å². The van der Waals surface area contributed by atoms with Crippen molar-refractivity contribution in [2.75, 3.05) is 51.9 Å². The van der Waals surface area contributed by atoms with Gasteiger partial charge < -0.3 is 30.3 Å². The van der Waals surface area contributed by atoms with Crippen LogP contribution in [0.5, 0.6) is 0 Å². The molecule has 1 saturated heterocycles. The molecule has 0 unspecified atom stereocenters. The van der Waals surface area contributed by atoms with Crippen LogP contribution < -0.4 is 20.9 Å². The first-order valence-electron chi connectivity index (χ1n) is 12.3. The van der Waals surface area contributed by atoms with Crippen LogP contribution in [0.25, 0.3) is 0 Å². The number of nitrogens with zero attached hydrogens (tertiary/aromatic N) is 3. The molecule has 14 heteroatoms. The summed E-state index contributed by atoms with van der Waals surface area (Å²) in [5.41, 5.74) is -0.0675. The molecule has 2 aliphatic heterocycles. The summed E-state index contributed by atoms with van der Waals surface area (Å²) in [5.74, 6) is -3.17. The minimum atomic E-state index is -1.38. The number of amides is 4. The van der Waals surface area contributed by atoms with Crippen molar-refractivity contribution in [2.45, 2.75) is 24.9 Å². The summed E-state index contributed by atoms with van der Waals surface area (Å²) in [6.45, 7) is 2.17. The largest absolute Gasteiger partial charge is 0.466 e. The van der Waals surface area contributed by atoms with Crippen LogP contribution in [0, 0.1) is 11.6 Å². The van der Waals surface area contributed by atoms with E-state index in [1.54, 1.807) is 17.5 Å². The normalized spacial score (nSPS) is 18.3. The smallest absolute Gasteiger partial charge is 0.338 e. The number of carbonyl (C=O) groups excluding carboxylic acids is 3. The fourth-order valence-electron chi connectivity index (χ4n) is 4.66. The van der Waals surface area contributed by atoms with E-state index in [1.807, 2.05) is 5.38 Å². The minimum Gasteiger partial charge on any atom is -0.466 e. The molecule has 39 heavy (non-hydrogen) atoms. The zero-order valence-corrected chi connectivity index (χ0v) is 22.4. The van der Waals surface area contributed by atoms with Crippen molar-refractivity contribution in [2.24, 2.45) is 0 Å². The maximum atomic E-state index is 14.2. The van der Waals surface area contributed by atoms with E-state index in [2.05, 4.69) is 25.8 Å². The lowest BCUT2D eigenvalue weighted by Gasteiger charge is -2.36. The lowest BCUT2D eigenvalue weighted by molar-refractivity contribution is -0.137. The molecule has 1 aromatic carbocycles. The molecule has 1 atom stereocenters. The number of methoxy groups -OCH3 is 2. The molecule has 4 amide bonds. The van der Waals surface area contributed by atoms with E-state index >= 15 is 0 Å². The zero-order valence-electron chi connectivity index (χ0n) is 21.5. The van der Waals surface area contributed by atoms with Gasteiger partial charge in [-0.3, -0.25) is 0 Å². The summed E-state index contributed by atoms with van der Waals surface area (Å²) in [6, 6.07) is 0.110. The van der Waals surface area contributed by atoms with Crippen LogP contribution in [0.2, 0.25) is 0 Å². The second-order valence-corrected chi connectivity index (χ2v) is 9.83. The van der Waals surface area contributed by atoms with Crippen LogP contribution in [0.1, 0.15) is 24.4 Å². The summed E-state index contributed by atoms with van der Waals surface area (Å²) in [6.07, 6.45) is 3.61. The number of urea groups is 2. The Kier molecular flexibility index (Phi) is 9.43. The quantitative estimate of drug-likeness (QED) is 0.314. The van der Waals surface area contributed by atoms with Crippen molar-refractivity contribution in [1.29, 1.82) is 0 Å². The highest BCUT2D eigenvalue weighted by molar-refractivity contribution is 7.13. The van der Waals surface area contributed by atoms with Crippen molar-refractivity contribution in [3.63, 3.8) is 0 Å². The summed E-state index contributed by atoms with van der Waals surface area (Å²) in [4.78, 5) is 46.4. The van der Waals surface area contributed by atoms with E-state index in [1.165, 1.54) is 13.2 Å². The van der Waals surface area contributed by atoms with Gasteiger partial charge in [-0.2, -0.15) is 0 Å². The number of thiazole rings is 1. The van der Waals surface area contributed by atoms with Gasteiger partial charge in [-0.15, -0.1) is 11.3 Å². The van der Waals surface area contributed by atoms with E-state index in [4.69, 9.17) is 9.47 Å². The molecule has 0 spiro atoms. The highest BCUT2D eigenvalue weighted by atomic mass is 32.1. The second-order valence-electron chi connectivity index (χ2n) is 8.96. The number of nitrogens with one attached hydrogen (secondary N) is 3. The first kappa shape index (κ1) is 28.4. The van der Waals surface area contributed by atoms with Crippen molar-refractivity contribution in [3.05, 3.63) is 58.2 Å². The maximum absolute atomic E-state index is 14.2. The molecule has 210 valence electrons. The summed E-state index contributed by atoms with van der Waals surface area (Å²) >= 11 is 1.61. The molecule has 0 aliphatic carbocycles. The molecular formula is C25H30F2N6O5S. The number of ether oxygens (including phenoxy) is 2. The average molecular weight is 565 g/mol. The molecule has 1 fully saturated rings. The Morgan fingerprint density at radius 1 is 1.18 bits per heavy atom. The number of hydrogen-bond acceptors (Lipinski definition) is 9. The first-order valence-corrected chi connectivity index (χ1v) is 13.2. The Morgan fingerprint density at radius 3 is 2.59 bits per heavy atom. The van der Waals surface area contributed by atoms with Gasteiger partial charge in [0, 0.05) is 50.9 Å². The van der Waals surface area contributed by atoms with Crippen molar-refractivity contribution in [3.8, 4) is 0 Å². The summed E-state index contributed by atoms with van der Waals surface area (Å²) in [7, 11) is 2.49. The molecular weight excluding hydrogens is 534 g/mol. The Hall–Kier alpha value is -3.62. The number of piperidine rings is 1. The van der Waals surface area contributed by atoms with Crippen molar-refractivity contribution < 1.29 is 32.6 Å². The van der Waals surface area contributed by atoms with Gasteiger partial charge in [0.2, 0.25) is 0 Å². The number of carbonyl (C=O) groups is 3. The van der Waals surface area contributed by atoms with Crippen LogP contribution in [0.4, 0.5) is 23.5 Å². The second kappa shape index (κ2) is 13.0. The maximum Gasteiger partial charge on any atom is 0.338 e. The lowest BCUT2D eigenvalue weighted by Crippen LogP contribution is -2.56. The highest BCUT2D eigenvalue weighted by Crippen LogP contribution is 2.35. The predicted molar refractivity (Wildman–Crippen MR) is 139 cm³/mol. The van der Waals surface area contributed by atoms with Gasteiger partial charge in [0.25, 0.3) is 0 Å². The lowest BCUT2D eigenvalue weighted by atomic mass is 9.93. The Bertz CT molecular complexity index is 1220. The number of aromatic nitrogens is 1. The van der Waals surface area contributed by atoms with E-state index in [-0.39, 0.29) is 36.0 Å². The monoisotopic (exact) mass is 564 g/mol. The number of benzene rings is 1. The van der Waals surface area contributed by atoms with Gasteiger partial charge in [0.05, 0.1) is 25.0 Å². The Balaban J connectivity index is 1.44. The average Bonchev–Trinajstić information content (AvgIpc) is 3.47. The molecule has 3 N–H and O–H groups in total. The number of esters is 1. The molecule has 2 aromatic rings. The van der Waals surface area contributed by atoms with Gasteiger partial charge >= 0.3 is 18.0 Å². The molecule has 0 saturated carbocycles. The Morgan fingerprint density at radius 2 is 1.95 bits per heavy atom. The molecule has 1 aromatic heterocycles. The number of hydrogen-bond donors (Lipinski definition) is 3. The van der Waals surface area contributed by atoms with Crippen LogP contribution in [0.15, 0.2) is 41.0 Å². The van der Waals surface area contributed by atoms with E-state index in [0.29, 0.717) is 6.54 Å². The Labute approximate surface area is 228 Å². The van der Waals surface area contributed by atoms with Gasteiger partial charge in [0.1, 0.15) is 6.04 Å².